The quantitative estimate of drug-likeness (QED) is 0.700. The van der Waals surface area contributed by atoms with Crippen LogP contribution in [0, 0.1) is 0 Å². The summed E-state index contributed by atoms with van der Waals surface area (Å²) in [5.74, 6) is 0.925. The first kappa shape index (κ1) is 19.2. The molecule has 0 aliphatic carbocycles. The lowest BCUT2D eigenvalue weighted by molar-refractivity contribution is -0.122. The van der Waals surface area contributed by atoms with Crippen LogP contribution in [0.5, 0.6) is 0 Å². The monoisotopic (exact) mass is 393 g/mol. The molecular formula is C22H27N5O2. The third kappa shape index (κ3) is 3.77. The highest BCUT2D eigenvalue weighted by atomic mass is 16.2. The zero-order chi connectivity index (χ0) is 20.5. The Morgan fingerprint density at radius 1 is 1.28 bits per heavy atom. The Morgan fingerprint density at radius 2 is 2.07 bits per heavy atom. The first-order chi connectivity index (χ1) is 13.9. The molecule has 1 aliphatic heterocycles. The highest BCUT2D eigenvalue weighted by Gasteiger charge is 2.27. The van der Waals surface area contributed by atoms with E-state index in [0.717, 1.165) is 28.0 Å². The normalized spacial score (nSPS) is 13.9. The van der Waals surface area contributed by atoms with Gasteiger partial charge in [-0.25, -0.2) is 4.68 Å². The second kappa shape index (κ2) is 7.73. The van der Waals surface area contributed by atoms with Gasteiger partial charge in [0.1, 0.15) is 5.82 Å². The van der Waals surface area contributed by atoms with E-state index in [0.29, 0.717) is 32.4 Å². The summed E-state index contributed by atoms with van der Waals surface area (Å²) < 4.78 is 4.01. The summed E-state index contributed by atoms with van der Waals surface area (Å²) in [5, 5.41) is 8.82. The van der Waals surface area contributed by atoms with Gasteiger partial charge in [0.25, 0.3) is 0 Å². The molecule has 2 amide bonds. The van der Waals surface area contributed by atoms with Crippen molar-refractivity contribution < 1.29 is 9.59 Å². The van der Waals surface area contributed by atoms with E-state index in [2.05, 4.69) is 28.2 Å². The van der Waals surface area contributed by atoms with Crippen LogP contribution in [-0.4, -0.2) is 38.7 Å². The lowest BCUT2D eigenvalue weighted by Crippen LogP contribution is -2.38. The second-order valence-corrected chi connectivity index (χ2v) is 7.90. The van der Waals surface area contributed by atoms with Crippen LogP contribution >= 0.6 is 0 Å². The Morgan fingerprint density at radius 3 is 2.86 bits per heavy atom. The maximum absolute atomic E-state index is 12.6. The summed E-state index contributed by atoms with van der Waals surface area (Å²) in [6, 6.07) is 10.4. The maximum Gasteiger partial charge on any atom is 0.229 e. The number of para-hydroxylation sites is 1. The Labute approximate surface area is 170 Å². The summed E-state index contributed by atoms with van der Waals surface area (Å²) >= 11 is 0. The second-order valence-electron chi connectivity index (χ2n) is 7.90. The van der Waals surface area contributed by atoms with Crippen molar-refractivity contribution in [2.24, 2.45) is 7.05 Å². The zero-order valence-corrected chi connectivity index (χ0v) is 17.2. The Balaban J connectivity index is 1.57. The van der Waals surface area contributed by atoms with Gasteiger partial charge in [0, 0.05) is 61.2 Å². The summed E-state index contributed by atoms with van der Waals surface area (Å²) in [4.78, 5) is 26.2. The first-order valence-corrected chi connectivity index (χ1v) is 10.2. The van der Waals surface area contributed by atoms with Gasteiger partial charge in [-0.3, -0.25) is 14.5 Å². The van der Waals surface area contributed by atoms with Crippen molar-refractivity contribution in [1.82, 2.24) is 19.7 Å². The third-order valence-electron chi connectivity index (χ3n) is 5.28. The minimum absolute atomic E-state index is 0.0226. The molecule has 3 aromatic rings. The summed E-state index contributed by atoms with van der Waals surface area (Å²) in [6.07, 6.45) is 3.55. The number of carbonyl (C=O) groups is 2. The van der Waals surface area contributed by atoms with Gasteiger partial charge in [0.15, 0.2) is 0 Å². The van der Waals surface area contributed by atoms with Crippen molar-refractivity contribution in [3.63, 3.8) is 0 Å². The van der Waals surface area contributed by atoms with Gasteiger partial charge in [-0.15, -0.1) is 0 Å². The molecule has 0 atom stereocenters. The molecule has 0 unspecified atom stereocenters. The van der Waals surface area contributed by atoms with Crippen molar-refractivity contribution >= 4 is 28.5 Å². The number of carbonyl (C=O) groups excluding carboxylic acids is 2. The average Bonchev–Trinajstić information content (AvgIpc) is 3.25. The number of hydrogen-bond acceptors (Lipinski definition) is 3. The SMILES string of the molecule is CC(C)NC(=O)CCCN1C(=O)CCn2nc(-c3cn(C)c4ccccc34)cc21. The van der Waals surface area contributed by atoms with Gasteiger partial charge in [0.05, 0.1) is 12.2 Å². The van der Waals surface area contributed by atoms with Crippen molar-refractivity contribution in [2.45, 2.75) is 45.7 Å². The fraction of sp³-hybridized carbons (Fsp3) is 0.409. The molecule has 29 heavy (non-hydrogen) atoms. The number of aryl methyl sites for hydroxylation is 2. The lowest BCUT2D eigenvalue weighted by Gasteiger charge is -2.27. The van der Waals surface area contributed by atoms with E-state index >= 15 is 0 Å². The van der Waals surface area contributed by atoms with E-state index in [1.165, 1.54) is 0 Å². The molecule has 1 aromatic carbocycles. The van der Waals surface area contributed by atoms with Gasteiger partial charge in [0.2, 0.25) is 11.8 Å². The molecule has 0 spiro atoms. The van der Waals surface area contributed by atoms with E-state index in [4.69, 9.17) is 5.10 Å². The number of hydrogen-bond donors (Lipinski definition) is 1. The van der Waals surface area contributed by atoms with Gasteiger partial charge in [-0.05, 0) is 26.3 Å². The molecule has 0 saturated heterocycles. The predicted molar refractivity (Wildman–Crippen MR) is 114 cm³/mol. The minimum Gasteiger partial charge on any atom is -0.354 e. The van der Waals surface area contributed by atoms with E-state index in [1.807, 2.05) is 43.8 Å². The first-order valence-electron chi connectivity index (χ1n) is 10.2. The Kier molecular flexibility index (Phi) is 5.13. The van der Waals surface area contributed by atoms with Crippen LogP contribution in [0.2, 0.25) is 0 Å². The molecule has 0 radical (unpaired) electrons. The average molecular weight is 393 g/mol. The fourth-order valence-electron chi connectivity index (χ4n) is 3.96. The van der Waals surface area contributed by atoms with E-state index in [9.17, 15) is 9.59 Å². The predicted octanol–water partition coefficient (Wildman–Crippen LogP) is 3.08. The molecule has 4 rings (SSSR count). The number of rotatable bonds is 6. The van der Waals surface area contributed by atoms with Crippen LogP contribution in [0.15, 0.2) is 36.5 Å². The van der Waals surface area contributed by atoms with E-state index in [1.54, 1.807) is 4.90 Å². The van der Waals surface area contributed by atoms with Crippen LogP contribution in [0.3, 0.4) is 0 Å². The summed E-state index contributed by atoms with van der Waals surface area (Å²) in [7, 11) is 2.03. The Hall–Kier alpha value is -3.09. The summed E-state index contributed by atoms with van der Waals surface area (Å²) in [5.41, 5.74) is 3.08. The highest BCUT2D eigenvalue weighted by Crippen LogP contribution is 2.33. The highest BCUT2D eigenvalue weighted by molar-refractivity contribution is 5.98. The molecule has 7 heteroatoms. The van der Waals surface area contributed by atoms with Crippen molar-refractivity contribution in [1.29, 1.82) is 0 Å². The number of fused-ring (bicyclic) bond motifs is 2. The molecule has 0 bridgehead atoms. The van der Waals surface area contributed by atoms with Crippen LogP contribution in [0.4, 0.5) is 5.82 Å². The van der Waals surface area contributed by atoms with Crippen molar-refractivity contribution in [3.05, 3.63) is 36.5 Å². The van der Waals surface area contributed by atoms with Crippen LogP contribution in [-0.2, 0) is 23.2 Å². The van der Waals surface area contributed by atoms with Gasteiger partial charge >= 0.3 is 0 Å². The van der Waals surface area contributed by atoms with Crippen molar-refractivity contribution in [3.8, 4) is 11.3 Å². The third-order valence-corrected chi connectivity index (χ3v) is 5.28. The van der Waals surface area contributed by atoms with E-state index < -0.39 is 0 Å². The van der Waals surface area contributed by atoms with Gasteiger partial charge in [-0.2, -0.15) is 5.10 Å². The summed E-state index contributed by atoms with van der Waals surface area (Å²) in [6.45, 7) is 4.99. The molecular weight excluding hydrogens is 366 g/mol. The molecule has 2 aromatic heterocycles. The standard InChI is InChI=1S/C22H27N5O2/c1-15(2)23-20(28)9-6-11-26-21-13-18(24-27(21)12-10-22(26)29)17-14-25(3)19-8-5-4-7-16(17)19/h4-5,7-8,13-15H,6,9-12H2,1-3H3,(H,23,28). The lowest BCUT2D eigenvalue weighted by atomic mass is 10.1. The number of nitrogens with one attached hydrogen (secondary N) is 1. The molecule has 3 heterocycles. The molecule has 152 valence electrons. The van der Waals surface area contributed by atoms with Crippen LogP contribution < -0.4 is 10.2 Å². The van der Waals surface area contributed by atoms with Crippen LogP contribution in [0.25, 0.3) is 22.2 Å². The molecule has 7 nitrogen and oxygen atoms in total. The van der Waals surface area contributed by atoms with Gasteiger partial charge < -0.3 is 9.88 Å². The van der Waals surface area contributed by atoms with E-state index in [-0.39, 0.29) is 17.9 Å². The fourth-order valence-corrected chi connectivity index (χ4v) is 3.96. The molecule has 0 saturated carbocycles. The minimum atomic E-state index is 0.0226. The smallest absolute Gasteiger partial charge is 0.229 e. The molecule has 1 aliphatic rings. The van der Waals surface area contributed by atoms with Gasteiger partial charge in [-0.1, -0.05) is 18.2 Å². The maximum atomic E-state index is 12.6. The molecule has 0 fully saturated rings. The number of amides is 2. The number of nitrogens with zero attached hydrogens (tertiary/aromatic N) is 4. The Bertz CT molecular complexity index is 1060. The van der Waals surface area contributed by atoms with Crippen molar-refractivity contribution in [2.75, 3.05) is 11.4 Å². The largest absolute Gasteiger partial charge is 0.354 e. The number of anilines is 1. The topological polar surface area (TPSA) is 72.2 Å². The number of benzene rings is 1. The number of aromatic nitrogens is 3. The zero-order valence-electron chi connectivity index (χ0n) is 17.2. The molecule has 1 N–H and O–H groups in total. The van der Waals surface area contributed by atoms with Crippen LogP contribution in [0.1, 0.15) is 33.1 Å².